The maximum atomic E-state index is 3.62. The maximum Gasteiger partial charge on any atom is 0.0376 e. The van der Waals surface area contributed by atoms with Crippen LogP contribution >= 0.6 is 0 Å². The molecule has 1 aromatic carbocycles. The second-order valence-corrected chi connectivity index (χ2v) is 4.72. The molecular formula is C14H22N2. The van der Waals surface area contributed by atoms with Crippen LogP contribution < -0.4 is 10.6 Å². The normalized spacial score (nSPS) is 21.0. The van der Waals surface area contributed by atoms with E-state index in [-0.39, 0.29) is 0 Å². The van der Waals surface area contributed by atoms with Gasteiger partial charge in [-0.25, -0.2) is 0 Å². The van der Waals surface area contributed by atoms with Crippen molar-refractivity contribution in [2.45, 2.75) is 38.6 Å². The van der Waals surface area contributed by atoms with Crippen molar-refractivity contribution < 1.29 is 0 Å². The van der Waals surface area contributed by atoms with Crippen molar-refractivity contribution in [2.24, 2.45) is 0 Å². The summed E-state index contributed by atoms with van der Waals surface area (Å²) < 4.78 is 0. The number of para-hydroxylation sites is 1. The molecule has 2 N–H and O–H groups in total. The second kappa shape index (κ2) is 5.35. The van der Waals surface area contributed by atoms with Crippen molar-refractivity contribution in [3.8, 4) is 0 Å². The molecule has 2 nitrogen and oxygen atoms in total. The van der Waals surface area contributed by atoms with Crippen LogP contribution in [0.4, 0.5) is 5.69 Å². The summed E-state index contributed by atoms with van der Waals surface area (Å²) >= 11 is 0. The van der Waals surface area contributed by atoms with Crippen LogP contribution in [-0.4, -0.2) is 19.1 Å². The molecule has 0 saturated carbocycles. The van der Waals surface area contributed by atoms with Crippen LogP contribution in [0.1, 0.15) is 38.2 Å². The van der Waals surface area contributed by atoms with Gasteiger partial charge in [-0.05, 0) is 31.4 Å². The number of fused-ring (bicyclic) bond motifs is 1. The molecule has 1 aliphatic rings. The summed E-state index contributed by atoms with van der Waals surface area (Å²) in [5.41, 5.74) is 2.80. The monoisotopic (exact) mass is 218 g/mol. The van der Waals surface area contributed by atoms with E-state index in [0.717, 1.165) is 13.1 Å². The van der Waals surface area contributed by atoms with E-state index in [1.165, 1.54) is 24.1 Å². The largest absolute Gasteiger partial charge is 0.385 e. The third kappa shape index (κ3) is 2.56. The van der Waals surface area contributed by atoms with Gasteiger partial charge in [0.2, 0.25) is 0 Å². The Morgan fingerprint density at radius 2 is 2.25 bits per heavy atom. The van der Waals surface area contributed by atoms with Crippen molar-refractivity contribution in [2.75, 3.05) is 18.4 Å². The lowest BCUT2D eigenvalue weighted by atomic mass is 9.91. The van der Waals surface area contributed by atoms with Gasteiger partial charge in [0.1, 0.15) is 0 Å². The van der Waals surface area contributed by atoms with E-state index < -0.39 is 0 Å². The molecule has 0 amide bonds. The zero-order chi connectivity index (χ0) is 11.4. The fourth-order valence-corrected chi connectivity index (χ4v) is 2.25. The van der Waals surface area contributed by atoms with E-state index in [4.69, 9.17) is 0 Å². The first-order valence-electron chi connectivity index (χ1n) is 6.37. The second-order valence-electron chi connectivity index (χ2n) is 4.72. The Labute approximate surface area is 98.4 Å². The number of benzene rings is 1. The van der Waals surface area contributed by atoms with Gasteiger partial charge in [0, 0.05) is 30.7 Å². The first-order valence-corrected chi connectivity index (χ1v) is 6.37. The van der Waals surface area contributed by atoms with Crippen LogP contribution in [0.25, 0.3) is 0 Å². The molecule has 0 saturated heterocycles. The van der Waals surface area contributed by atoms with Gasteiger partial charge in [-0.3, -0.25) is 0 Å². The van der Waals surface area contributed by atoms with E-state index >= 15 is 0 Å². The van der Waals surface area contributed by atoms with Gasteiger partial charge in [-0.2, -0.15) is 0 Å². The van der Waals surface area contributed by atoms with Crippen molar-refractivity contribution in [1.82, 2.24) is 5.32 Å². The standard InChI is InChI=1S/C14H22N2/c1-3-11(2)16-10-12-8-9-15-14-7-5-4-6-13(12)14/h4-7,11-12,15-16H,3,8-10H2,1-2H3. The Bertz CT molecular complexity index is 335. The first-order chi connectivity index (χ1) is 7.81. The number of rotatable bonds is 4. The van der Waals surface area contributed by atoms with Gasteiger partial charge in [-0.15, -0.1) is 0 Å². The van der Waals surface area contributed by atoms with Crippen LogP contribution in [-0.2, 0) is 0 Å². The SMILES string of the molecule is CCC(C)NCC1CCNc2ccccc21. The summed E-state index contributed by atoms with van der Waals surface area (Å²) in [7, 11) is 0. The minimum atomic E-state index is 0.627. The summed E-state index contributed by atoms with van der Waals surface area (Å²) in [4.78, 5) is 0. The first kappa shape index (κ1) is 11.5. The van der Waals surface area contributed by atoms with Crippen molar-refractivity contribution in [1.29, 1.82) is 0 Å². The fraction of sp³-hybridized carbons (Fsp3) is 0.571. The molecule has 0 radical (unpaired) electrons. The summed E-state index contributed by atoms with van der Waals surface area (Å²) in [6, 6.07) is 9.31. The molecule has 2 unspecified atom stereocenters. The Morgan fingerprint density at radius 3 is 3.06 bits per heavy atom. The minimum absolute atomic E-state index is 0.627. The zero-order valence-corrected chi connectivity index (χ0v) is 10.3. The summed E-state index contributed by atoms with van der Waals surface area (Å²) in [6.45, 7) is 6.69. The highest BCUT2D eigenvalue weighted by molar-refractivity contribution is 5.54. The van der Waals surface area contributed by atoms with Crippen LogP contribution in [0, 0.1) is 0 Å². The number of nitrogens with one attached hydrogen (secondary N) is 2. The molecule has 2 heteroatoms. The predicted molar refractivity (Wildman–Crippen MR) is 70.0 cm³/mol. The van der Waals surface area contributed by atoms with Gasteiger partial charge in [0.15, 0.2) is 0 Å². The molecule has 1 aliphatic heterocycles. The van der Waals surface area contributed by atoms with Crippen LogP contribution in [0.3, 0.4) is 0 Å². The third-order valence-electron chi connectivity index (χ3n) is 3.53. The molecule has 2 atom stereocenters. The van der Waals surface area contributed by atoms with E-state index in [2.05, 4.69) is 48.7 Å². The number of anilines is 1. The Hall–Kier alpha value is -1.02. The molecule has 0 bridgehead atoms. The van der Waals surface area contributed by atoms with E-state index in [1.807, 2.05) is 0 Å². The van der Waals surface area contributed by atoms with Crippen LogP contribution in [0.2, 0.25) is 0 Å². The number of hydrogen-bond acceptors (Lipinski definition) is 2. The van der Waals surface area contributed by atoms with Crippen molar-refractivity contribution >= 4 is 5.69 Å². The van der Waals surface area contributed by atoms with Gasteiger partial charge in [-0.1, -0.05) is 25.1 Å². The molecular weight excluding hydrogens is 196 g/mol. The Balaban J connectivity index is 2.01. The summed E-state index contributed by atoms with van der Waals surface area (Å²) in [5.74, 6) is 0.673. The van der Waals surface area contributed by atoms with Gasteiger partial charge in [0.05, 0.1) is 0 Å². The number of hydrogen-bond donors (Lipinski definition) is 2. The molecule has 0 fully saturated rings. The lowest BCUT2D eigenvalue weighted by Gasteiger charge is -2.28. The van der Waals surface area contributed by atoms with Crippen LogP contribution in [0.5, 0.6) is 0 Å². The summed E-state index contributed by atoms with van der Waals surface area (Å²) in [6.07, 6.45) is 2.44. The van der Waals surface area contributed by atoms with E-state index in [0.29, 0.717) is 12.0 Å². The van der Waals surface area contributed by atoms with Gasteiger partial charge in [0.25, 0.3) is 0 Å². The maximum absolute atomic E-state index is 3.62. The average molecular weight is 218 g/mol. The quantitative estimate of drug-likeness (QED) is 0.812. The highest BCUT2D eigenvalue weighted by atomic mass is 14.9. The zero-order valence-electron chi connectivity index (χ0n) is 10.3. The summed E-state index contributed by atoms with van der Waals surface area (Å²) in [5, 5.41) is 7.08. The highest BCUT2D eigenvalue weighted by Gasteiger charge is 2.19. The topological polar surface area (TPSA) is 24.1 Å². The molecule has 0 spiro atoms. The molecule has 2 rings (SSSR count). The van der Waals surface area contributed by atoms with Crippen molar-refractivity contribution in [3.63, 3.8) is 0 Å². The highest BCUT2D eigenvalue weighted by Crippen LogP contribution is 2.30. The lowest BCUT2D eigenvalue weighted by Crippen LogP contribution is -2.32. The third-order valence-corrected chi connectivity index (χ3v) is 3.53. The average Bonchev–Trinajstić information content (AvgIpc) is 2.35. The molecule has 16 heavy (non-hydrogen) atoms. The van der Waals surface area contributed by atoms with E-state index in [1.54, 1.807) is 0 Å². The smallest absolute Gasteiger partial charge is 0.0376 e. The van der Waals surface area contributed by atoms with Crippen molar-refractivity contribution in [3.05, 3.63) is 29.8 Å². The molecule has 0 aliphatic carbocycles. The predicted octanol–water partition coefficient (Wildman–Crippen LogP) is 2.97. The Kier molecular flexibility index (Phi) is 3.83. The minimum Gasteiger partial charge on any atom is -0.385 e. The fourth-order valence-electron chi connectivity index (χ4n) is 2.25. The van der Waals surface area contributed by atoms with E-state index in [9.17, 15) is 0 Å². The van der Waals surface area contributed by atoms with Gasteiger partial charge < -0.3 is 10.6 Å². The Morgan fingerprint density at radius 1 is 1.44 bits per heavy atom. The van der Waals surface area contributed by atoms with Gasteiger partial charge >= 0.3 is 0 Å². The molecule has 0 aromatic heterocycles. The van der Waals surface area contributed by atoms with Crippen LogP contribution in [0.15, 0.2) is 24.3 Å². The molecule has 1 heterocycles. The molecule has 1 aromatic rings. The lowest BCUT2D eigenvalue weighted by molar-refractivity contribution is 0.481. The molecule has 88 valence electrons.